The van der Waals surface area contributed by atoms with Crippen molar-refractivity contribution in [2.24, 2.45) is 0 Å². The molecule has 0 spiro atoms. The number of nitrogens with one attached hydrogen (secondary N) is 1. The third-order valence-corrected chi connectivity index (χ3v) is 3.75. The van der Waals surface area contributed by atoms with E-state index in [-0.39, 0.29) is 0 Å². The van der Waals surface area contributed by atoms with Crippen molar-refractivity contribution in [1.29, 1.82) is 0 Å². The quantitative estimate of drug-likeness (QED) is 0.890. The first kappa shape index (κ1) is 14.3. The van der Waals surface area contributed by atoms with Crippen molar-refractivity contribution in [3.8, 4) is 6.01 Å². The summed E-state index contributed by atoms with van der Waals surface area (Å²) in [5.74, 6) is 0. The molecule has 1 heterocycles. The fraction of sp³-hybridized carbons (Fsp3) is 0.375. The van der Waals surface area contributed by atoms with Crippen LogP contribution in [0.1, 0.15) is 29.7 Å². The standard InChI is InChI=1S/C16H18ClN3O/c1-11-13(8-18-15-6-7-15)9-19-16(20-11)21-10-12-2-4-14(17)5-3-12/h2-5,9,15,18H,6-8,10H2,1H3. The Bertz CT molecular complexity index is 611. The Balaban J connectivity index is 1.57. The molecule has 0 radical (unpaired) electrons. The minimum absolute atomic E-state index is 0.414. The molecule has 1 aliphatic rings. The number of ether oxygens (including phenoxy) is 1. The van der Waals surface area contributed by atoms with Crippen LogP contribution in [0, 0.1) is 6.92 Å². The molecule has 1 aliphatic carbocycles. The number of nitrogens with zero attached hydrogens (tertiary/aromatic N) is 2. The molecule has 0 amide bonds. The Hall–Kier alpha value is -1.65. The van der Waals surface area contributed by atoms with Crippen molar-refractivity contribution in [3.05, 3.63) is 52.3 Å². The Morgan fingerprint density at radius 1 is 1.29 bits per heavy atom. The average Bonchev–Trinajstić information content (AvgIpc) is 3.30. The van der Waals surface area contributed by atoms with Crippen LogP contribution in [0.3, 0.4) is 0 Å². The van der Waals surface area contributed by atoms with Crippen LogP contribution in [0.25, 0.3) is 0 Å². The second-order valence-electron chi connectivity index (χ2n) is 5.33. The molecule has 5 heteroatoms. The van der Waals surface area contributed by atoms with Gasteiger partial charge in [0.1, 0.15) is 6.61 Å². The van der Waals surface area contributed by atoms with E-state index >= 15 is 0 Å². The van der Waals surface area contributed by atoms with E-state index in [4.69, 9.17) is 16.3 Å². The van der Waals surface area contributed by atoms with Crippen molar-refractivity contribution < 1.29 is 4.74 Å². The highest BCUT2D eigenvalue weighted by atomic mass is 35.5. The highest BCUT2D eigenvalue weighted by Gasteiger charge is 2.20. The normalized spacial score (nSPS) is 14.2. The van der Waals surface area contributed by atoms with Crippen molar-refractivity contribution in [2.45, 2.75) is 39.0 Å². The second kappa shape index (κ2) is 6.41. The second-order valence-corrected chi connectivity index (χ2v) is 5.77. The van der Waals surface area contributed by atoms with E-state index in [0.717, 1.165) is 28.4 Å². The van der Waals surface area contributed by atoms with Crippen LogP contribution in [0.2, 0.25) is 5.02 Å². The van der Waals surface area contributed by atoms with E-state index in [0.29, 0.717) is 18.7 Å². The van der Waals surface area contributed by atoms with Gasteiger partial charge in [-0.3, -0.25) is 0 Å². The van der Waals surface area contributed by atoms with Gasteiger partial charge in [-0.25, -0.2) is 9.97 Å². The molecule has 1 aromatic heterocycles. The molecule has 1 fully saturated rings. The smallest absolute Gasteiger partial charge is 0.316 e. The predicted octanol–water partition coefficient (Wildman–Crippen LogP) is 3.27. The molecule has 1 saturated carbocycles. The molecule has 1 N–H and O–H groups in total. The molecule has 0 unspecified atom stereocenters. The minimum Gasteiger partial charge on any atom is -0.459 e. The topological polar surface area (TPSA) is 47.0 Å². The van der Waals surface area contributed by atoms with Crippen LogP contribution in [-0.2, 0) is 13.2 Å². The maximum Gasteiger partial charge on any atom is 0.316 e. The summed E-state index contributed by atoms with van der Waals surface area (Å²) >= 11 is 5.85. The number of hydrogen-bond acceptors (Lipinski definition) is 4. The number of benzene rings is 1. The zero-order chi connectivity index (χ0) is 14.7. The lowest BCUT2D eigenvalue weighted by atomic mass is 10.2. The maximum atomic E-state index is 5.85. The molecule has 4 nitrogen and oxygen atoms in total. The van der Waals surface area contributed by atoms with Crippen molar-refractivity contribution >= 4 is 11.6 Å². The van der Waals surface area contributed by atoms with Gasteiger partial charge in [-0.15, -0.1) is 0 Å². The number of halogens is 1. The van der Waals surface area contributed by atoms with Gasteiger partial charge in [0.05, 0.1) is 0 Å². The Morgan fingerprint density at radius 3 is 2.71 bits per heavy atom. The van der Waals surface area contributed by atoms with Gasteiger partial charge in [0, 0.05) is 35.1 Å². The average molecular weight is 304 g/mol. The van der Waals surface area contributed by atoms with E-state index in [1.807, 2.05) is 37.4 Å². The lowest BCUT2D eigenvalue weighted by Gasteiger charge is -2.09. The number of aryl methyl sites for hydroxylation is 1. The van der Waals surface area contributed by atoms with Gasteiger partial charge in [-0.05, 0) is 37.5 Å². The molecule has 3 rings (SSSR count). The third-order valence-electron chi connectivity index (χ3n) is 3.50. The van der Waals surface area contributed by atoms with Crippen LogP contribution in [0.5, 0.6) is 6.01 Å². The van der Waals surface area contributed by atoms with Crippen LogP contribution < -0.4 is 10.1 Å². The number of aromatic nitrogens is 2. The maximum absolute atomic E-state index is 5.85. The highest BCUT2D eigenvalue weighted by Crippen LogP contribution is 2.20. The molecule has 0 atom stereocenters. The Kier molecular flexibility index (Phi) is 4.36. The first-order valence-corrected chi connectivity index (χ1v) is 7.51. The molecular weight excluding hydrogens is 286 g/mol. The third kappa shape index (κ3) is 4.16. The summed E-state index contributed by atoms with van der Waals surface area (Å²) < 4.78 is 5.62. The van der Waals surface area contributed by atoms with Gasteiger partial charge in [-0.1, -0.05) is 23.7 Å². The molecule has 0 bridgehead atoms. The van der Waals surface area contributed by atoms with Gasteiger partial charge in [0.25, 0.3) is 0 Å². The van der Waals surface area contributed by atoms with E-state index < -0.39 is 0 Å². The SMILES string of the molecule is Cc1nc(OCc2ccc(Cl)cc2)ncc1CNC1CC1. The fourth-order valence-corrected chi connectivity index (χ4v) is 2.11. The minimum atomic E-state index is 0.414. The van der Waals surface area contributed by atoms with Crippen molar-refractivity contribution in [1.82, 2.24) is 15.3 Å². The lowest BCUT2D eigenvalue weighted by molar-refractivity contribution is 0.279. The lowest BCUT2D eigenvalue weighted by Crippen LogP contribution is -2.16. The summed E-state index contributed by atoms with van der Waals surface area (Å²) in [6, 6.07) is 8.66. The van der Waals surface area contributed by atoms with Crippen LogP contribution >= 0.6 is 11.6 Å². The number of hydrogen-bond donors (Lipinski definition) is 1. The first-order valence-electron chi connectivity index (χ1n) is 7.14. The van der Waals surface area contributed by atoms with E-state index in [1.54, 1.807) is 0 Å². The number of rotatable bonds is 6. The van der Waals surface area contributed by atoms with Crippen LogP contribution in [0.4, 0.5) is 0 Å². The summed E-state index contributed by atoms with van der Waals surface area (Å²) in [5, 5.41) is 4.18. The summed E-state index contributed by atoms with van der Waals surface area (Å²) in [4.78, 5) is 8.68. The molecule has 1 aromatic carbocycles. The molecule has 110 valence electrons. The van der Waals surface area contributed by atoms with Gasteiger partial charge in [0.15, 0.2) is 0 Å². The van der Waals surface area contributed by atoms with E-state index in [9.17, 15) is 0 Å². The molecule has 0 aliphatic heterocycles. The molecule has 0 saturated heterocycles. The van der Waals surface area contributed by atoms with Crippen molar-refractivity contribution in [3.63, 3.8) is 0 Å². The van der Waals surface area contributed by atoms with Gasteiger partial charge in [-0.2, -0.15) is 0 Å². The Labute approximate surface area is 129 Å². The Morgan fingerprint density at radius 2 is 2.05 bits per heavy atom. The van der Waals surface area contributed by atoms with Crippen molar-refractivity contribution in [2.75, 3.05) is 0 Å². The van der Waals surface area contributed by atoms with Crippen LogP contribution in [-0.4, -0.2) is 16.0 Å². The molecule has 21 heavy (non-hydrogen) atoms. The van der Waals surface area contributed by atoms with Crippen LogP contribution in [0.15, 0.2) is 30.5 Å². The summed E-state index contributed by atoms with van der Waals surface area (Å²) in [5.41, 5.74) is 3.13. The summed E-state index contributed by atoms with van der Waals surface area (Å²) in [6.07, 6.45) is 4.40. The summed E-state index contributed by atoms with van der Waals surface area (Å²) in [7, 11) is 0. The van der Waals surface area contributed by atoms with E-state index in [1.165, 1.54) is 12.8 Å². The monoisotopic (exact) mass is 303 g/mol. The summed E-state index contributed by atoms with van der Waals surface area (Å²) in [6.45, 7) is 3.25. The fourth-order valence-electron chi connectivity index (χ4n) is 1.98. The first-order chi connectivity index (χ1) is 10.2. The van der Waals surface area contributed by atoms with Gasteiger partial charge in [0.2, 0.25) is 0 Å². The predicted molar refractivity (Wildman–Crippen MR) is 82.4 cm³/mol. The van der Waals surface area contributed by atoms with Gasteiger partial charge >= 0.3 is 6.01 Å². The highest BCUT2D eigenvalue weighted by molar-refractivity contribution is 6.30. The zero-order valence-corrected chi connectivity index (χ0v) is 12.7. The van der Waals surface area contributed by atoms with Gasteiger partial charge < -0.3 is 10.1 Å². The molecule has 2 aromatic rings. The molecular formula is C16H18ClN3O. The van der Waals surface area contributed by atoms with E-state index in [2.05, 4.69) is 15.3 Å². The largest absolute Gasteiger partial charge is 0.459 e. The zero-order valence-electron chi connectivity index (χ0n) is 12.0.